The lowest BCUT2D eigenvalue weighted by Gasteiger charge is -2.12. The van der Waals surface area contributed by atoms with Gasteiger partial charge in [-0.1, -0.05) is 12.2 Å². The van der Waals surface area contributed by atoms with Crippen molar-refractivity contribution in [2.45, 2.75) is 12.5 Å². The van der Waals surface area contributed by atoms with E-state index in [1.165, 1.54) is 0 Å². The molecule has 0 radical (unpaired) electrons. The molecule has 1 unspecified atom stereocenters. The van der Waals surface area contributed by atoms with Crippen LogP contribution in [0.15, 0.2) is 12.4 Å². The molecule has 82 valence electrons. The van der Waals surface area contributed by atoms with Crippen LogP contribution < -0.4 is 5.73 Å². The van der Waals surface area contributed by atoms with Gasteiger partial charge in [-0.15, -0.1) is 0 Å². The molecule has 2 rings (SSSR count). The van der Waals surface area contributed by atoms with Crippen LogP contribution in [-0.2, 0) is 9.84 Å². The predicted octanol–water partition coefficient (Wildman–Crippen LogP) is -0.123. The van der Waals surface area contributed by atoms with E-state index in [1.54, 1.807) is 17.0 Å². The molecule has 1 fully saturated rings. The maximum Gasteiger partial charge on any atom is 0.167 e. The smallest absolute Gasteiger partial charge is 0.167 e. The van der Waals surface area contributed by atoms with Crippen LogP contribution in [0, 0.1) is 0 Å². The number of hydrogen-bond donors (Lipinski definition) is 1. The molecule has 2 N–H and O–H groups in total. The number of thiocarbonyl (C=S) groups is 1. The van der Waals surface area contributed by atoms with Gasteiger partial charge in [-0.3, -0.25) is 0 Å². The highest BCUT2D eigenvalue weighted by Gasteiger charge is 2.30. The molecule has 0 aliphatic carbocycles. The first kappa shape index (κ1) is 10.6. The summed E-state index contributed by atoms with van der Waals surface area (Å²) < 4.78 is 24.4. The van der Waals surface area contributed by atoms with Crippen molar-refractivity contribution in [2.24, 2.45) is 5.73 Å². The summed E-state index contributed by atoms with van der Waals surface area (Å²) in [5.41, 5.74) is 5.49. The van der Waals surface area contributed by atoms with E-state index in [0.717, 1.165) is 0 Å². The highest BCUT2D eigenvalue weighted by atomic mass is 32.2. The summed E-state index contributed by atoms with van der Waals surface area (Å²) in [6, 6.07) is -0.0750. The van der Waals surface area contributed by atoms with Gasteiger partial charge in [0.15, 0.2) is 15.7 Å². The Labute approximate surface area is 93.2 Å². The minimum Gasteiger partial charge on any atom is -0.387 e. The molecule has 0 amide bonds. The molecule has 5 nitrogen and oxygen atoms in total. The minimum atomic E-state index is -2.90. The largest absolute Gasteiger partial charge is 0.387 e. The molecule has 0 spiro atoms. The molecule has 1 aliphatic rings. The number of nitrogens with two attached hydrogens (primary N) is 1. The summed E-state index contributed by atoms with van der Waals surface area (Å²) in [6.45, 7) is 0. The van der Waals surface area contributed by atoms with Crippen molar-refractivity contribution >= 4 is 27.0 Å². The van der Waals surface area contributed by atoms with E-state index < -0.39 is 9.84 Å². The van der Waals surface area contributed by atoms with Gasteiger partial charge in [-0.25, -0.2) is 13.4 Å². The molecule has 1 aromatic heterocycles. The summed E-state index contributed by atoms with van der Waals surface area (Å²) >= 11 is 4.84. The van der Waals surface area contributed by atoms with Crippen LogP contribution in [0.3, 0.4) is 0 Å². The molecular formula is C8H11N3O2S2. The van der Waals surface area contributed by atoms with Crippen LogP contribution >= 0.6 is 12.2 Å². The molecule has 1 atom stereocenters. The fourth-order valence-corrected chi connectivity index (χ4v) is 3.66. The molecule has 0 bridgehead atoms. The highest BCUT2D eigenvalue weighted by Crippen LogP contribution is 2.24. The predicted molar refractivity (Wildman–Crippen MR) is 60.4 cm³/mol. The Hall–Kier alpha value is -0.950. The maximum atomic E-state index is 11.3. The van der Waals surface area contributed by atoms with Crippen LogP contribution in [-0.4, -0.2) is 34.5 Å². The van der Waals surface area contributed by atoms with E-state index in [9.17, 15) is 8.42 Å². The topological polar surface area (TPSA) is 78.0 Å². The van der Waals surface area contributed by atoms with Crippen LogP contribution in [0.25, 0.3) is 0 Å². The van der Waals surface area contributed by atoms with Crippen molar-refractivity contribution in [3.8, 4) is 0 Å². The summed E-state index contributed by atoms with van der Waals surface area (Å²) in [6.07, 6.45) is 3.91. The second-order valence-corrected chi connectivity index (χ2v) is 6.25. The quantitative estimate of drug-likeness (QED) is 0.735. The number of sulfone groups is 1. The first-order valence-electron chi connectivity index (χ1n) is 4.53. The lowest BCUT2D eigenvalue weighted by molar-refractivity contribution is 0.551. The third-order valence-corrected chi connectivity index (χ3v) is 4.42. The van der Waals surface area contributed by atoms with Crippen LogP contribution in [0.5, 0.6) is 0 Å². The average molecular weight is 245 g/mol. The Morgan fingerprint density at radius 1 is 1.67 bits per heavy atom. The summed E-state index contributed by atoms with van der Waals surface area (Å²) in [5.74, 6) is 0.873. The molecule has 1 aromatic rings. The van der Waals surface area contributed by atoms with E-state index >= 15 is 0 Å². The minimum absolute atomic E-state index is 0.0750. The number of imidazole rings is 1. The zero-order chi connectivity index (χ0) is 11.1. The van der Waals surface area contributed by atoms with Crippen LogP contribution in [0.4, 0.5) is 0 Å². The van der Waals surface area contributed by atoms with Crippen molar-refractivity contribution < 1.29 is 8.42 Å². The van der Waals surface area contributed by atoms with E-state index in [0.29, 0.717) is 12.2 Å². The SMILES string of the molecule is NC(=S)c1nccn1C1CCS(=O)(=O)C1. The lowest BCUT2D eigenvalue weighted by Crippen LogP contribution is -2.20. The molecule has 2 heterocycles. The molecule has 15 heavy (non-hydrogen) atoms. The van der Waals surface area contributed by atoms with Gasteiger partial charge >= 0.3 is 0 Å². The number of aromatic nitrogens is 2. The van der Waals surface area contributed by atoms with Crippen molar-refractivity contribution in [3.05, 3.63) is 18.2 Å². The van der Waals surface area contributed by atoms with Gasteiger partial charge in [0.05, 0.1) is 17.5 Å². The maximum absolute atomic E-state index is 11.3. The standard InChI is InChI=1S/C8H11N3O2S2/c9-7(14)8-10-2-3-11(8)6-1-4-15(12,13)5-6/h2-3,6H,1,4-5H2,(H2,9,14). The fraction of sp³-hybridized carbons (Fsp3) is 0.500. The Morgan fingerprint density at radius 2 is 2.40 bits per heavy atom. The van der Waals surface area contributed by atoms with Gasteiger partial charge in [0.25, 0.3) is 0 Å². The third kappa shape index (κ3) is 2.03. The van der Waals surface area contributed by atoms with E-state index in [-0.39, 0.29) is 22.5 Å². The summed E-state index contributed by atoms with van der Waals surface area (Å²) in [5, 5.41) is 0. The van der Waals surface area contributed by atoms with E-state index in [2.05, 4.69) is 4.98 Å². The monoisotopic (exact) mass is 245 g/mol. The van der Waals surface area contributed by atoms with Gasteiger partial charge < -0.3 is 10.3 Å². The Morgan fingerprint density at radius 3 is 2.93 bits per heavy atom. The number of rotatable bonds is 2. The molecular weight excluding hydrogens is 234 g/mol. The fourth-order valence-electron chi connectivity index (χ4n) is 1.79. The molecule has 1 saturated heterocycles. The van der Waals surface area contributed by atoms with Gasteiger partial charge in [-0.2, -0.15) is 0 Å². The van der Waals surface area contributed by atoms with Crippen LogP contribution in [0.1, 0.15) is 18.3 Å². The van der Waals surface area contributed by atoms with E-state index in [4.69, 9.17) is 18.0 Å². The Bertz CT molecular complexity index is 492. The normalized spacial score (nSPS) is 24.1. The van der Waals surface area contributed by atoms with Crippen molar-refractivity contribution in [1.29, 1.82) is 0 Å². The van der Waals surface area contributed by atoms with Crippen LogP contribution in [0.2, 0.25) is 0 Å². The van der Waals surface area contributed by atoms with Crippen molar-refractivity contribution in [1.82, 2.24) is 9.55 Å². The average Bonchev–Trinajstić information content (AvgIpc) is 2.69. The Balaban J connectivity index is 2.32. The van der Waals surface area contributed by atoms with Gasteiger partial charge in [0.2, 0.25) is 0 Å². The molecule has 1 aliphatic heterocycles. The molecule has 0 aromatic carbocycles. The second-order valence-electron chi connectivity index (χ2n) is 3.58. The summed E-state index contributed by atoms with van der Waals surface area (Å²) in [4.78, 5) is 4.21. The van der Waals surface area contributed by atoms with Gasteiger partial charge in [0.1, 0.15) is 4.99 Å². The van der Waals surface area contributed by atoms with E-state index in [1.807, 2.05) is 0 Å². The zero-order valence-corrected chi connectivity index (χ0v) is 9.59. The van der Waals surface area contributed by atoms with Crippen molar-refractivity contribution in [3.63, 3.8) is 0 Å². The second kappa shape index (κ2) is 3.57. The Kier molecular flexibility index (Phi) is 2.51. The zero-order valence-electron chi connectivity index (χ0n) is 7.96. The third-order valence-electron chi connectivity index (χ3n) is 2.49. The van der Waals surface area contributed by atoms with Crippen molar-refractivity contribution in [2.75, 3.05) is 11.5 Å². The summed E-state index contributed by atoms with van der Waals surface area (Å²) in [7, 11) is -2.90. The highest BCUT2D eigenvalue weighted by molar-refractivity contribution is 7.91. The molecule has 7 heteroatoms. The number of nitrogens with zero attached hydrogens (tertiary/aromatic N) is 2. The number of hydrogen-bond acceptors (Lipinski definition) is 4. The first-order valence-corrected chi connectivity index (χ1v) is 6.75. The van der Waals surface area contributed by atoms with Gasteiger partial charge in [-0.05, 0) is 6.42 Å². The molecule has 0 saturated carbocycles. The first-order chi connectivity index (χ1) is 6.99. The van der Waals surface area contributed by atoms with Gasteiger partial charge in [0, 0.05) is 12.4 Å². The lowest BCUT2D eigenvalue weighted by atomic mass is 10.2.